The molecule has 78 valence electrons. The fourth-order valence-electron chi connectivity index (χ4n) is 1.06. The molecule has 1 aromatic rings. The van der Waals surface area contributed by atoms with Crippen molar-refractivity contribution in [2.75, 3.05) is 5.73 Å². The molecule has 1 atom stereocenters. The highest BCUT2D eigenvalue weighted by Crippen LogP contribution is 2.16. The normalized spacial score (nSPS) is 12.8. The first-order valence-corrected chi connectivity index (χ1v) is 4.79. The maximum absolute atomic E-state index is 13.4. The smallest absolute Gasteiger partial charge is 0.151 e. The van der Waals surface area contributed by atoms with Gasteiger partial charge in [0.25, 0.3) is 0 Å². The Kier molecular flexibility index (Phi) is 3.89. The predicted octanol–water partition coefficient (Wildman–Crippen LogP) is 2.72. The molecule has 1 rings (SSSR count). The zero-order valence-corrected chi connectivity index (χ0v) is 8.59. The molecule has 0 aromatic heterocycles. The first-order valence-electron chi connectivity index (χ1n) is 4.79. The second-order valence-electron chi connectivity index (χ2n) is 3.35. The summed E-state index contributed by atoms with van der Waals surface area (Å²) in [4.78, 5) is 0. The number of hydrogen-bond acceptors (Lipinski definition) is 2. The fraction of sp³-hybridized carbons (Fsp3) is 0.455. The molecule has 0 aliphatic heterocycles. The van der Waals surface area contributed by atoms with Crippen LogP contribution in [-0.2, 0) is 11.3 Å². The molecule has 0 heterocycles. The minimum atomic E-state index is -0.365. The summed E-state index contributed by atoms with van der Waals surface area (Å²) in [5.41, 5.74) is 6.12. The molecule has 0 spiro atoms. The molecule has 0 saturated carbocycles. The Morgan fingerprint density at radius 1 is 1.50 bits per heavy atom. The first-order chi connectivity index (χ1) is 6.65. The maximum atomic E-state index is 13.4. The van der Waals surface area contributed by atoms with Crippen LogP contribution in [0.2, 0.25) is 0 Å². The lowest BCUT2D eigenvalue weighted by atomic mass is 10.2. The van der Waals surface area contributed by atoms with Crippen LogP contribution in [0, 0.1) is 5.82 Å². The van der Waals surface area contributed by atoms with Gasteiger partial charge in [0.2, 0.25) is 0 Å². The summed E-state index contributed by atoms with van der Waals surface area (Å²) in [6.07, 6.45) is 1.07. The Labute approximate surface area is 83.9 Å². The van der Waals surface area contributed by atoms with E-state index >= 15 is 0 Å². The predicted molar refractivity (Wildman–Crippen MR) is 55.4 cm³/mol. The maximum Gasteiger partial charge on any atom is 0.151 e. The number of halogens is 1. The van der Waals surface area contributed by atoms with E-state index < -0.39 is 0 Å². The van der Waals surface area contributed by atoms with Gasteiger partial charge in [-0.05, 0) is 19.4 Å². The van der Waals surface area contributed by atoms with Gasteiger partial charge in [-0.1, -0.05) is 19.1 Å². The molecule has 2 N–H and O–H groups in total. The molecule has 0 amide bonds. The van der Waals surface area contributed by atoms with Crippen molar-refractivity contribution in [2.45, 2.75) is 33.0 Å². The van der Waals surface area contributed by atoms with Crippen LogP contribution in [0.15, 0.2) is 18.2 Å². The van der Waals surface area contributed by atoms with E-state index in [-0.39, 0.29) is 24.2 Å². The van der Waals surface area contributed by atoms with Crippen LogP contribution in [0.1, 0.15) is 25.8 Å². The number of nitrogens with two attached hydrogens (primary N) is 1. The number of hydrogen-bond donors (Lipinski definition) is 1. The summed E-state index contributed by atoms with van der Waals surface area (Å²) < 4.78 is 18.8. The van der Waals surface area contributed by atoms with Crippen molar-refractivity contribution in [1.82, 2.24) is 0 Å². The third-order valence-electron chi connectivity index (χ3n) is 2.21. The largest absolute Gasteiger partial charge is 0.396 e. The highest BCUT2D eigenvalue weighted by molar-refractivity contribution is 5.42. The van der Waals surface area contributed by atoms with Crippen molar-refractivity contribution >= 4 is 5.69 Å². The summed E-state index contributed by atoms with van der Waals surface area (Å²) >= 11 is 0. The summed E-state index contributed by atoms with van der Waals surface area (Å²) in [5.74, 6) is -0.365. The van der Waals surface area contributed by atoms with Crippen LogP contribution >= 0.6 is 0 Å². The van der Waals surface area contributed by atoms with Gasteiger partial charge in [-0.25, -0.2) is 4.39 Å². The van der Waals surface area contributed by atoms with Crippen molar-refractivity contribution in [2.24, 2.45) is 0 Å². The van der Waals surface area contributed by atoms with Crippen molar-refractivity contribution in [3.8, 4) is 0 Å². The molecule has 2 nitrogen and oxygen atoms in total. The number of rotatable bonds is 4. The average Bonchev–Trinajstić information content (AvgIpc) is 2.20. The molecule has 3 heteroatoms. The number of anilines is 1. The lowest BCUT2D eigenvalue weighted by Crippen LogP contribution is -2.07. The highest BCUT2D eigenvalue weighted by atomic mass is 19.1. The van der Waals surface area contributed by atoms with Gasteiger partial charge < -0.3 is 10.5 Å². The SMILES string of the molecule is CCC(C)OCc1cccc(N)c1F. The third kappa shape index (κ3) is 2.70. The van der Waals surface area contributed by atoms with E-state index in [9.17, 15) is 4.39 Å². The van der Waals surface area contributed by atoms with E-state index in [2.05, 4.69) is 0 Å². The summed E-state index contributed by atoms with van der Waals surface area (Å²) in [7, 11) is 0. The van der Waals surface area contributed by atoms with Gasteiger partial charge in [-0.3, -0.25) is 0 Å². The van der Waals surface area contributed by atoms with E-state index in [1.165, 1.54) is 0 Å². The molecule has 0 bridgehead atoms. The molecule has 1 unspecified atom stereocenters. The van der Waals surface area contributed by atoms with Crippen LogP contribution in [-0.4, -0.2) is 6.10 Å². The van der Waals surface area contributed by atoms with Gasteiger partial charge in [0.1, 0.15) is 0 Å². The Bertz CT molecular complexity index is 301. The number of ether oxygens (including phenoxy) is 1. The minimum absolute atomic E-state index is 0.149. The summed E-state index contributed by atoms with van der Waals surface area (Å²) in [6, 6.07) is 4.96. The van der Waals surface area contributed by atoms with Gasteiger partial charge in [-0.15, -0.1) is 0 Å². The van der Waals surface area contributed by atoms with Crippen molar-refractivity contribution in [3.63, 3.8) is 0 Å². The van der Waals surface area contributed by atoms with Gasteiger partial charge in [-0.2, -0.15) is 0 Å². The van der Waals surface area contributed by atoms with E-state index in [4.69, 9.17) is 10.5 Å². The highest BCUT2D eigenvalue weighted by Gasteiger charge is 2.06. The molecule has 0 aliphatic carbocycles. The summed E-state index contributed by atoms with van der Waals surface area (Å²) in [5, 5.41) is 0. The molecular weight excluding hydrogens is 181 g/mol. The Hall–Kier alpha value is -1.09. The monoisotopic (exact) mass is 197 g/mol. The molecule has 0 radical (unpaired) electrons. The molecule has 0 saturated heterocycles. The standard InChI is InChI=1S/C11H16FNO/c1-3-8(2)14-7-9-5-4-6-10(13)11(9)12/h4-6,8H,3,7,13H2,1-2H3. The van der Waals surface area contributed by atoms with Crippen LogP contribution in [0.4, 0.5) is 10.1 Å². The third-order valence-corrected chi connectivity index (χ3v) is 2.21. The topological polar surface area (TPSA) is 35.2 Å². The first kappa shape index (κ1) is 11.0. The fourth-order valence-corrected chi connectivity index (χ4v) is 1.06. The molecule has 14 heavy (non-hydrogen) atoms. The zero-order valence-electron chi connectivity index (χ0n) is 8.59. The number of nitrogen functional groups attached to an aromatic ring is 1. The van der Waals surface area contributed by atoms with Crippen molar-refractivity contribution in [1.29, 1.82) is 0 Å². The summed E-state index contributed by atoms with van der Waals surface area (Å²) in [6.45, 7) is 4.27. The van der Waals surface area contributed by atoms with Gasteiger partial charge in [0, 0.05) is 5.56 Å². The van der Waals surface area contributed by atoms with Crippen LogP contribution in [0.25, 0.3) is 0 Å². The van der Waals surface area contributed by atoms with Gasteiger partial charge in [0.15, 0.2) is 5.82 Å². The second-order valence-corrected chi connectivity index (χ2v) is 3.35. The minimum Gasteiger partial charge on any atom is -0.396 e. The lowest BCUT2D eigenvalue weighted by Gasteiger charge is -2.11. The number of benzene rings is 1. The Morgan fingerprint density at radius 2 is 2.21 bits per heavy atom. The molecule has 1 aromatic carbocycles. The van der Waals surface area contributed by atoms with E-state index in [1.807, 2.05) is 13.8 Å². The van der Waals surface area contributed by atoms with E-state index in [0.717, 1.165) is 6.42 Å². The van der Waals surface area contributed by atoms with Gasteiger partial charge in [0.05, 0.1) is 18.4 Å². The average molecular weight is 197 g/mol. The Morgan fingerprint density at radius 3 is 2.86 bits per heavy atom. The van der Waals surface area contributed by atoms with Crippen LogP contribution < -0.4 is 5.73 Å². The molecular formula is C11H16FNO. The molecule has 0 fully saturated rings. The van der Waals surface area contributed by atoms with Gasteiger partial charge >= 0.3 is 0 Å². The zero-order chi connectivity index (χ0) is 10.6. The van der Waals surface area contributed by atoms with Crippen molar-refractivity contribution in [3.05, 3.63) is 29.6 Å². The van der Waals surface area contributed by atoms with Crippen LogP contribution in [0.3, 0.4) is 0 Å². The molecule has 0 aliphatic rings. The quantitative estimate of drug-likeness (QED) is 0.753. The van der Waals surface area contributed by atoms with Crippen molar-refractivity contribution < 1.29 is 9.13 Å². The lowest BCUT2D eigenvalue weighted by molar-refractivity contribution is 0.0493. The van der Waals surface area contributed by atoms with E-state index in [1.54, 1.807) is 18.2 Å². The van der Waals surface area contributed by atoms with E-state index in [0.29, 0.717) is 5.56 Å². The Balaban J connectivity index is 2.63. The second kappa shape index (κ2) is 4.96. The van der Waals surface area contributed by atoms with Crippen LogP contribution in [0.5, 0.6) is 0 Å².